The van der Waals surface area contributed by atoms with Gasteiger partial charge in [0.1, 0.15) is 10.8 Å². The number of methoxy groups -OCH3 is 1. The molecule has 3 aromatic rings. The van der Waals surface area contributed by atoms with Crippen LogP contribution in [0.1, 0.15) is 64.7 Å². The molecular formula is C30H36N2O3S. The summed E-state index contributed by atoms with van der Waals surface area (Å²) in [5.41, 5.74) is 5.76. The van der Waals surface area contributed by atoms with Crippen LogP contribution in [0.2, 0.25) is 0 Å². The molecule has 1 aliphatic carbocycles. The molecule has 0 saturated carbocycles. The fraction of sp³-hybridized carbons (Fsp3) is 0.400. The largest absolute Gasteiger partial charge is 0.497 e. The Labute approximate surface area is 218 Å². The molecule has 0 saturated heterocycles. The lowest BCUT2D eigenvalue weighted by Crippen LogP contribution is -2.27. The van der Waals surface area contributed by atoms with Crippen LogP contribution in [0.25, 0.3) is 0 Å². The molecule has 0 spiro atoms. The van der Waals surface area contributed by atoms with Crippen LogP contribution in [0, 0.1) is 25.2 Å². The maximum atomic E-state index is 13.6. The molecule has 0 radical (unpaired) electrons. The van der Waals surface area contributed by atoms with Gasteiger partial charge in [0.05, 0.1) is 19.1 Å². The zero-order valence-electron chi connectivity index (χ0n) is 22.1. The van der Waals surface area contributed by atoms with E-state index < -0.39 is 0 Å². The molecule has 4 rings (SSSR count). The molecule has 190 valence electrons. The smallest absolute Gasteiger partial charge is 0.258 e. The Balaban J connectivity index is 1.62. The Morgan fingerprint density at radius 1 is 1.06 bits per heavy atom. The number of thiophene rings is 1. The van der Waals surface area contributed by atoms with Crippen molar-refractivity contribution in [2.45, 2.75) is 60.3 Å². The van der Waals surface area contributed by atoms with Gasteiger partial charge in [-0.15, -0.1) is 11.3 Å². The van der Waals surface area contributed by atoms with Crippen LogP contribution in [0.3, 0.4) is 0 Å². The van der Waals surface area contributed by atoms with Crippen molar-refractivity contribution >= 4 is 33.8 Å². The molecule has 1 heterocycles. The number of hydrogen-bond acceptors (Lipinski definition) is 4. The Kier molecular flexibility index (Phi) is 7.55. The van der Waals surface area contributed by atoms with Crippen molar-refractivity contribution in [2.24, 2.45) is 11.3 Å². The lowest BCUT2D eigenvalue weighted by Gasteiger charge is -2.33. The number of anilines is 2. The maximum absolute atomic E-state index is 13.6. The number of nitrogens with one attached hydrogen (secondary N) is 2. The van der Waals surface area contributed by atoms with Gasteiger partial charge in [-0.3, -0.25) is 9.59 Å². The lowest BCUT2D eigenvalue weighted by atomic mass is 9.72. The highest BCUT2D eigenvalue weighted by Gasteiger charge is 2.34. The van der Waals surface area contributed by atoms with E-state index in [0.29, 0.717) is 16.5 Å². The summed E-state index contributed by atoms with van der Waals surface area (Å²) in [5.74, 6) is 1.01. The number of carbonyl (C=O) groups is 2. The fourth-order valence-electron chi connectivity index (χ4n) is 4.89. The van der Waals surface area contributed by atoms with Gasteiger partial charge in [0.15, 0.2) is 0 Å². The van der Waals surface area contributed by atoms with Gasteiger partial charge in [-0.1, -0.05) is 50.6 Å². The zero-order valence-corrected chi connectivity index (χ0v) is 22.9. The number of carbonyl (C=O) groups excluding carboxylic acids is 2. The molecule has 0 fully saturated rings. The average molecular weight is 505 g/mol. The lowest BCUT2D eigenvalue weighted by molar-refractivity contribution is -0.115. The van der Waals surface area contributed by atoms with Gasteiger partial charge in [-0.05, 0) is 79.3 Å². The van der Waals surface area contributed by atoms with Crippen molar-refractivity contribution in [2.75, 3.05) is 17.7 Å². The number of rotatable bonds is 6. The standard InChI is InChI=1S/C30H36N2O3S/c1-18-7-14-24(19(2)15-18)31-28(34)27-23-13-10-21(30(3,4)5)17-25(23)36-29(27)32-26(33)16-20-8-11-22(35-6)12-9-20/h7-9,11-12,14-15,21H,10,13,16-17H2,1-6H3,(H,31,34)(H,32,33). The maximum Gasteiger partial charge on any atom is 0.258 e. The van der Waals surface area contributed by atoms with Crippen molar-refractivity contribution < 1.29 is 14.3 Å². The van der Waals surface area contributed by atoms with E-state index in [2.05, 4.69) is 37.5 Å². The third kappa shape index (κ3) is 5.81. The van der Waals surface area contributed by atoms with E-state index in [1.54, 1.807) is 18.4 Å². The van der Waals surface area contributed by atoms with Crippen molar-refractivity contribution in [3.63, 3.8) is 0 Å². The molecule has 1 unspecified atom stereocenters. The highest BCUT2D eigenvalue weighted by Crippen LogP contribution is 2.44. The first-order valence-electron chi connectivity index (χ1n) is 12.5. The van der Waals surface area contributed by atoms with Gasteiger partial charge >= 0.3 is 0 Å². The Morgan fingerprint density at radius 3 is 2.42 bits per heavy atom. The molecule has 6 heteroatoms. The van der Waals surface area contributed by atoms with E-state index in [4.69, 9.17) is 4.74 Å². The van der Waals surface area contributed by atoms with E-state index in [9.17, 15) is 9.59 Å². The zero-order chi connectivity index (χ0) is 26.0. The number of ether oxygens (including phenoxy) is 1. The number of benzene rings is 2. The number of amides is 2. The summed E-state index contributed by atoms with van der Waals surface area (Å²) >= 11 is 1.56. The molecular weight excluding hydrogens is 468 g/mol. The first kappa shape index (κ1) is 26.0. The monoisotopic (exact) mass is 504 g/mol. The van der Waals surface area contributed by atoms with Crippen LogP contribution in [0.5, 0.6) is 5.75 Å². The Hall–Kier alpha value is -3.12. The summed E-state index contributed by atoms with van der Waals surface area (Å²) in [6, 6.07) is 13.5. The second kappa shape index (κ2) is 10.5. The Morgan fingerprint density at radius 2 is 1.78 bits per heavy atom. The minimum absolute atomic E-state index is 0.133. The molecule has 1 atom stereocenters. The second-order valence-corrected chi connectivity index (χ2v) is 12.0. The third-order valence-electron chi connectivity index (χ3n) is 7.12. The van der Waals surface area contributed by atoms with E-state index in [1.807, 2.05) is 50.2 Å². The Bertz CT molecular complexity index is 1270. The molecule has 2 N–H and O–H groups in total. The molecule has 5 nitrogen and oxygen atoms in total. The van der Waals surface area contributed by atoms with Gasteiger partial charge in [0, 0.05) is 10.6 Å². The first-order valence-corrected chi connectivity index (χ1v) is 13.3. The van der Waals surface area contributed by atoms with Gasteiger partial charge in [0.2, 0.25) is 5.91 Å². The van der Waals surface area contributed by atoms with Crippen LogP contribution in [0.4, 0.5) is 10.7 Å². The molecule has 2 aromatic carbocycles. The summed E-state index contributed by atoms with van der Waals surface area (Å²) in [6.45, 7) is 10.9. The predicted molar refractivity (Wildman–Crippen MR) is 148 cm³/mol. The van der Waals surface area contributed by atoms with Crippen molar-refractivity contribution in [1.82, 2.24) is 0 Å². The normalized spacial score (nSPS) is 15.2. The van der Waals surface area contributed by atoms with Crippen molar-refractivity contribution in [3.8, 4) is 5.75 Å². The van der Waals surface area contributed by atoms with E-state index in [1.165, 1.54) is 4.88 Å². The van der Waals surface area contributed by atoms with Gasteiger partial charge in [-0.2, -0.15) is 0 Å². The fourth-order valence-corrected chi connectivity index (χ4v) is 6.23. The number of hydrogen-bond donors (Lipinski definition) is 2. The molecule has 0 aliphatic heterocycles. The summed E-state index contributed by atoms with van der Waals surface area (Å²) in [4.78, 5) is 27.9. The summed E-state index contributed by atoms with van der Waals surface area (Å²) in [5, 5.41) is 6.83. The predicted octanol–water partition coefficient (Wildman–Crippen LogP) is 6.96. The summed E-state index contributed by atoms with van der Waals surface area (Å²) < 4.78 is 5.21. The average Bonchev–Trinajstić information content (AvgIpc) is 3.17. The minimum Gasteiger partial charge on any atom is -0.497 e. The summed E-state index contributed by atoms with van der Waals surface area (Å²) in [6.07, 6.45) is 3.05. The summed E-state index contributed by atoms with van der Waals surface area (Å²) in [7, 11) is 1.62. The van der Waals surface area contributed by atoms with Crippen LogP contribution in [-0.2, 0) is 24.1 Å². The van der Waals surface area contributed by atoms with Crippen molar-refractivity contribution in [3.05, 3.63) is 75.2 Å². The number of aryl methyl sites for hydroxylation is 2. The van der Waals surface area contributed by atoms with E-state index in [-0.39, 0.29) is 23.7 Å². The van der Waals surface area contributed by atoms with Crippen LogP contribution in [-0.4, -0.2) is 18.9 Å². The number of fused-ring (bicyclic) bond motifs is 1. The van der Waals surface area contributed by atoms with Crippen LogP contribution >= 0.6 is 11.3 Å². The quantitative estimate of drug-likeness (QED) is 0.381. The minimum atomic E-state index is -0.159. The van der Waals surface area contributed by atoms with Crippen molar-refractivity contribution in [1.29, 1.82) is 0 Å². The third-order valence-corrected chi connectivity index (χ3v) is 8.29. The highest BCUT2D eigenvalue weighted by molar-refractivity contribution is 7.17. The van der Waals surface area contributed by atoms with E-state index >= 15 is 0 Å². The van der Waals surface area contributed by atoms with Crippen LogP contribution < -0.4 is 15.4 Å². The van der Waals surface area contributed by atoms with Crippen LogP contribution in [0.15, 0.2) is 42.5 Å². The van der Waals surface area contributed by atoms with Gasteiger partial charge in [-0.25, -0.2) is 0 Å². The van der Waals surface area contributed by atoms with Gasteiger partial charge < -0.3 is 15.4 Å². The SMILES string of the molecule is COc1ccc(CC(=O)Nc2sc3c(c2C(=O)Nc2ccc(C)cc2C)CCC(C(C)(C)C)C3)cc1. The highest BCUT2D eigenvalue weighted by atomic mass is 32.1. The molecule has 2 amide bonds. The van der Waals surface area contributed by atoms with E-state index in [0.717, 1.165) is 53.0 Å². The molecule has 1 aliphatic rings. The first-order chi connectivity index (χ1) is 17.0. The molecule has 0 bridgehead atoms. The molecule has 1 aromatic heterocycles. The second-order valence-electron chi connectivity index (χ2n) is 10.9. The van der Waals surface area contributed by atoms with Gasteiger partial charge in [0.25, 0.3) is 5.91 Å². The topological polar surface area (TPSA) is 67.4 Å². The molecule has 36 heavy (non-hydrogen) atoms.